The van der Waals surface area contributed by atoms with Crippen LogP contribution in [0.2, 0.25) is 0 Å². The second-order valence-electron chi connectivity index (χ2n) is 4.77. The number of hydrogen-bond donors (Lipinski definition) is 1. The van der Waals surface area contributed by atoms with Gasteiger partial charge in [0.2, 0.25) is 0 Å². The number of carbonyl (C=O) groups is 1. The minimum Gasteiger partial charge on any atom is -0.463 e. The minimum absolute atomic E-state index is 0.250. The molecule has 0 aromatic carbocycles. The number of nitrogens with one attached hydrogen (secondary N) is 1. The molecule has 1 atom stereocenters. The number of esters is 1. The summed E-state index contributed by atoms with van der Waals surface area (Å²) in [7, 11) is 0. The Morgan fingerprint density at radius 3 is 3.00 bits per heavy atom. The van der Waals surface area contributed by atoms with Crippen LogP contribution in [0.3, 0.4) is 0 Å². The maximum Gasteiger partial charge on any atom is 0.330 e. The van der Waals surface area contributed by atoms with Crippen LogP contribution in [0.15, 0.2) is 12.2 Å². The van der Waals surface area contributed by atoms with E-state index in [2.05, 4.69) is 10.2 Å². The average Bonchev–Trinajstić information content (AvgIpc) is 3.06. The van der Waals surface area contributed by atoms with Crippen molar-refractivity contribution >= 4 is 5.97 Å². The molecule has 1 unspecified atom stereocenters. The molecule has 4 nitrogen and oxygen atoms in total. The van der Waals surface area contributed by atoms with Gasteiger partial charge in [-0.1, -0.05) is 6.08 Å². The lowest BCUT2D eigenvalue weighted by Crippen LogP contribution is -2.33. The maximum absolute atomic E-state index is 11.0. The number of carbonyl (C=O) groups excluding carboxylic acids is 1. The molecule has 2 fully saturated rings. The topological polar surface area (TPSA) is 41.6 Å². The molecule has 1 saturated carbocycles. The first-order valence-corrected chi connectivity index (χ1v) is 6.60. The average molecular weight is 238 g/mol. The molecule has 1 N–H and O–H groups in total. The SMILES string of the molecule is CCOC(=O)/C=C/CNC1CCN(C2CC2)C1. The number of rotatable bonds is 6. The molecule has 1 saturated heterocycles. The van der Waals surface area contributed by atoms with Crippen molar-refractivity contribution in [2.75, 3.05) is 26.2 Å². The summed E-state index contributed by atoms with van der Waals surface area (Å²) in [4.78, 5) is 13.6. The lowest BCUT2D eigenvalue weighted by molar-refractivity contribution is -0.137. The third-order valence-corrected chi connectivity index (χ3v) is 3.35. The van der Waals surface area contributed by atoms with Gasteiger partial charge < -0.3 is 10.1 Å². The fraction of sp³-hybridized carbons (Fsp3) is 0.769. The van der Waals surface area contributed by atoms with Gasteiger partial charge in [0.15, 0.2) is 0 Å². The van der Waals surface area contributed by atoms with Gasteiger partial charge in [-0.3, -0.25) is 4.90 Å². The summed E-state index contributed by atoms with van der Waals surface area (Å²) in [5.41, 5.74) is 0. The molecule has 1 heterocycles. The van der Waals surface area contributed by atoms with Crippen molar-refractivity contribution in [3.8, 4) is 0 Å². The second-order valence-corrected chi connectivity index (χ2v) is 4.77. The zero-order valence-electron chi connectivity index (χ0n) is 10.5. The summed E-state index contributed by atoms with van der Waals surface area (Å²) in [5.74, 6) is -0.250. The summed E-state index contributed by atoms with van der Waals surface area (Å²) in [6.45, 7) is 5.40. The van der Waals surface area contributed by atoms with Gasteiger partial charge in [0.25, 0.3) is 0 Å². The van der Waals surface area contributed by atoms with Crippen LogP contribution in [0.4, 0.5) is 0 Å². The molecule has 4 heteroatoms. The zero-order valence-corrected chi connectivity index (χ0v) is 10.5. The molecule has 0 aromatic heterocycles. The first-order valence-electron chi connectivity index (χ1n) is 6.60. The van der Waals surface area contributed by atoms with Crippen molar-refractivity contribution in [3.63, 3.8) is 0 Å². The van der Waals surface area contributed by atoms with Crippen LogP contribution in [0, 0.1) is 0 Å². The highest BCUT2D eigenvalue weighted by atomic mass is 16.5. The van der Waals surface area contributed by atoms with Crippen LogP contribution < -0.4 is 5.32 Å². The molecule has 0 spiro atoms. The molecule has 0 radical (unpaired) electrons. The maximum atomic E-state index is 11.0. The molecule has 1 aliphatic carbocycles. The highest BCUT2D eigenvalue weighted by Gasteiger charge is 2.33. The zero-order chi connectivity index (χ0) is 12.1. The van der Waals surface area contributed by atoms with Crippen LogP contribution in [0.1, 0.15) is 26.2 Å². The molecular weight excluding hydrogens is 216 g/mol. The van der Waals surface area contributed by atoms with E-state index in [0.717, 1.165) is 19.1 Å². The highest BCUT2D eigenvalue weighted by Crippen LogP contribution is 2.29. The van der Waals surface area contributed by atoms with Crippen molar-refractivity contribution in [1.29, 1.82) is 0 Å². The van der Waals surface area contributed by atoms with Crippen molar-refractivity contribution in [2.24, 2.45) is 0 Å². The van der Waals surface area contributed by atoms with Gasteiger partial charge in [0.1, 0.15) is 0 Å². The van der Waals surface area contributed by atoms with Crippen molar-refractivity contribution < 1.29 is 9.53 Å². The molecule has 2 aliphatic rings. The van der Waals surface area contributed by atoms with Gasteiger partial charge in [0, 0.05) is 37.8 Å². The van der Waals surface area contributed by atoms with E-state index in [4.69, 9.17) is 4.74 Å². The fourth-order valence-corrected chi connectivity index (χ4v) is 2.31. The van der Waals surface area contributed by atoms with E-state index in [1.807, 2.05) is 13.0 Å². The molecule has 1 aliphatic heterocycles. The van der Waals surface area contributed by atoms with E-state index in [1.165, 1.54) is 31.9 Å². The highest BCUT2D eigenvalue weighted by molar-refractivity contribution is 5.81. The Labute approximate surface area is 103 Å². The Bertz CT molecular complexity index is 287. The van der Waals surface area contributed by atoms with Crippen molar-refractivity contribution in [3.05, 3.63) is 12.2 Å². The molecule has 96 valence electrons. The van der Waals surface area contributed by atoms with Crippen LogP contribution in [-0.4, -0.2) is 49.2 Å². The summed E-state index contributed by atoms with van der Waals surface area (Å²) in [5, 5.41) is 3.46. The molecule has 0 bridgehead atoms. The Morgan fingerprint density at radius 2 is 2.29 bits per heavy atom. The van der Waals surface area contributed by atoms with E-state index < -0.39 is 0 Å². The summed E-state index contributed by atoms with van der Waals surface area (Å²) < 4.78 is 4.81. The smallest absolute Gasteiger partial charge is 0.330 e. The Morgan fingerprint density at radius 1 is 1.47 bits per heavy atom. The van der Waals surface area contributed by atoms with E-state index in [9.17, 15) is 4.79 Å². The van der Waals surface area contributed by atoms with E-state index >= 15 is 0 Å². The van der Waals surface area contributed by atoms with Crippen LogP contribution >= 0.6 is 0 Å². The predicted octanol–water partition coefficient (Wildman–Crippen LogP) is 0.932. The Balaban J connectivity index is 1.57. The summed E-state index contributed by atoms with van der Waals surface area (Å²) >= 11 is 0. The van der Waals surface area contributed by atoms with E-state index in [0.29, 0.717) is 12.6 Å². The third kappa shape index (κ3) is 4.13. The van der Waals surface area contributed by atoms with Crippen LogP contribution in [0.5, 0.6) is 0 Å². The van der Waals surface area contributed by atoms with Gasteiger partial charge in [-0.2, -0.15) is 0 Å². The molecular formula is C13H22N2O2. The van der Waals surface area contributed by atoms with Crippen LogP contribution in [-0.2, 0) is 9.53 Å². The van der Waals surface area contributed by atoms with Gasteiger partial charge >= 0.3 is 5.97 Å². The lowest BCUT2D eigenvalue weighted by atomic mass is 10.2. The second kappa shape index (κ2) is 6.17. The first-order chi connectivity index (χ1) is 8.29. The Kier molecular flexibility index (Phi) is 4.57. The number of nitrogens with zero attached hydrogens (tertiary/aromatic N) is 1. The quantitative estimate of drug-likeness (QED) is 0.552. The van der Waals surface area contributed by atoms with Gasteiger partial charge in [-0.05, 0) is 26.2 Å². The third-order valence-electron chi connectivity index (χ3n) is 3.35. The van der Waals surface area contributed by atoms with E-state index in [-0.39, 0.29) is 5.97 Å². The van der Waals surface area contributed by atoms with Gasteiger partial charge in [-0.25, -0.2) is 4.79 Å². The van der Waals surface area contributed by atoms with E-state index in [1.54, 1.807) is 0 Å². The molecule has 2 rings (SSSR count). The first kappa shape index (κ1) is 12.6. The predicted molar refractivity (Wildman–Crippen MR) is 66.8 cm³/mol. The van der Waals surface area contributed by atoms with Gasteiger partial charge in [0.05, 0.1) is 6.61 Å². The van der Waals surface area contributed by atoms with Crippen molar-refractivity contribution in [2.45, 2.75) is 38.3 Å². The standard InChI is InChI=1S/C13H22N2O2/c1-2-17-13(16)4-3-8-14-11-7-9-15(10-11)12-5-6-12/h3-4,11-12,14H,2,5-10H2,1H3/b4-3+. The largest absolute Gasteiger partial charge is 0.463 e. The molecule has 17 heavy (non-hydrogen) atoms. The van der Waals surface area contributed by atoms with Crippen LogP contribution in [0.25, 0.3) is 0 Å². The fourth-order valence-electron chi connectivity index (χ4n) is 2.31. The lowest BCUT2D eigenvalue weighted by Gasteiger charge is -2.14. The number of likely N-dealkylation sites (tertiary alicyclic amines) is 1. The minimum atomic E-state index is -0.250. The van der Waals surface area contributed by atoms with Crippen molar-refractivity contribution in [1.82, 2.24) is 10.2 Å². The summed E-state index contributed by atoms with van der Waals surface area (Å²) in [6, 6.07) is 1.46. The number of ether oxygens (including phenoxy) is 1. The molecule has 0 aromatic rings. The Hall–Kier alpha value is -0.870. The normalized spacial score (nSPS) is 25.6. The summed E-state index contributed by atoms with van der Waals surface area (Å²) in [6.07, 6.45) is 7.34. The molecule has 0 amide bonds. The number of hydrogen-bond acceptors (Lipinski definition) is 4. The monoisotopic (exact) mass is 238 g/mol. The van der Waals surface area contributed by atoms with Gasteiger partial charge in [-0.15, -0.1) is 0 Å².